The Bertz CT molecular complexity index is 1250. The van der Waals surface area contributed by atoms with Crippen LogP contribution < -0.4 is 14.8 Å². The molecule has 1 amide bonds. The van der Waals surface area contributed by atoms with Gasteiger partial charge in [0.05, 0.1) is 29.4 Å². The number of methoxy groups -OCH3 is 1. The normalized spacial score (nSPS) is 17.2. The standard InChI is InChI=1S/C25H35N3O6S2/c1-19(2)27-36(32,33)22-13-14-24(34-3)23(17-22)26-25(29)21-12-7-15-28(18-21)35(30,31)16-8-11-20-9-5-4-6-10-20/h4-6,9-10,13-14,17,19,21,27H,7-8,11-12,15-16,18H2,1-3H3,(H,26,29)/t21-/m0/s1. The fourth-order valence-corrected chi connectivity index (χ4v) is 7.07. The number of nitrogens with one attached hydrogen (secondary N) is 2. The largest absolute Gasteiger partial charge is 0.495 e. The number of aryl methyl sites for hydroxylation is 1. The molecule has 1 atom stereocenters. The average Bonchev–Trinajstić information content (AvgIpc) is 2.84. The van der Waals surface area contributed by atoms with Crippen molar-refractivity contribution in [3.8, 4) is 5.75 Å². The van der Waals surface area contributed by atoms with E-state index >= 15 is 0 Å². The van der Waals surface area contributed by atoms with Crippen LogP contribution >= 0.6 is 0 Å². The minimum atomic E-state index is -3.77. The predicted octanol–water partition coefficient (Wildman–Crippen LogP) is 3.00. The van der Waals surface area contributed by atoms with E-state index in [1.165, 1.54) is 29.6 Å². The van der Waals surface area contributed by atoms with Gasteiger partial charge in [0.1, 0.15) is 5.75 Å². The number of benzene rings is 2. The number of rotatable bonds is 11. The smallest absolute Gasteiger partial charge is 0.240 e. The van der Waals surface area contributed by atoms with Crippen LogP contribution in [0.3, 0.4) is 0 Å². The van der Waals surface area contributed by atoms with Crippen molar-refractivity contribution in [1.82, 2.24) is 9.03 Å². The molecule has 2 aromatic rings. The molecule has 0 aliphatic carbocycles. The molecular formula is C25H35N3O6S2. The van der Waals surface area contributed by atoms with Gasteiger partial charge in [-0.05, 0) is 63.3 Å². The highest BCUT2D eigenvalue weighted by Gasteiger charge is 2.32. The van der Waals surface area contributed by atoms with E-state index in [0.717, 1.165) is 5.56 Å². The summed E-state index contributed by atoms with van der Waals surface area (Å²) >= 11 is 0. The van der Waals surface area contributed by atoms with Crippen LogP contribution in [-0.4, -0.2) is 59.0 Å². The van der Waals surface area contributed by atoms with Crippen LogP contribution in [0.15, 0.2) is 53.4 Å². The Balaban J connectivity index is 1.66. The van der Waals surface area contributed by atoms with Gasteiger partial charge in [-0.3, -0.25) is 4.79 Å². The summed E-state index contributed by atoms with van der Waals surface area (Å²) in [5.74, 6) is -0.592. The van der Waals surface area contributed by atoms with Gasteiger partial charge in [0.2, 0.25) is 26.0 Å². The topological polar surface area (TPSA) is 122 Å². The van der Waals surface area contributed by atoms with Gasteiger partial charge >= 0.3 is 0 Å². The van der Waals surface area contributed by atoms with Crippen molar-refractivity contribution >= 4 is 31.6 Å². The maximum Gasteiger partial charge on any atom is 0.240 e. The Morgan fingerprint density at radius 1 is 1.11 bits per heavy atom. The van der Waals surface area contributed by atoms with Crippen molar-refractivity contribution in [1.29, 1.82) is 0 Å². The Morgan fingerprint density at radius 2 is 1.83 bits per heavy atom. The maximum absolute atomic E-state index is 13.1. The second-order valence-corrected chi connectivity index (χ2v) is 13.0. The van der Waals surface area contributed by atoms with Crippen LogP contribution in [0.1, 0.15) is 38.7 Å². The number of piperidine rings is 1. The van der Waals surface area contributed by atoms with Crippen LogP contribution in [0.2, 0.25) is 0 Å². The first kappa shape index (κ1) is 28.1. The molecule has 1 aliphatic heterocycles. The molecule has 0 unspecified atom stereocenters. The molecule has 0 bridgehead atoms. The van der Waals surface area contributed by atoms with Crippen LogP contribution in [-0.2, 0) is 31.3 Å². The van der Waals surface area contributed by atoms with Crippen LogP contribution in [0, 0.1) is 5.92 Å². The van der Waals surface area contributed by atoms with E-state index in [0.29, 0.717) is 38.0 Å². The zero-order chi connectivity index (χ0) is 26.3. The predicted molar refractivity (Wildman–Crippen MR) is 140 cm³/mol. The monoisotopic (exact) mass is 537 g/mol. The highest BCUT2D eigenvalue weighted by Crippen LogP contribution is 2.29. The average molecular weight is 538 g/mol. The molecule has 3 rings (SSSR count). The van der Waals surface area contributed by atoms with Gasteiger partial charge < -0.3 is 10.1 Å². The molecule has 9 nitrogen and oxygen atoms in total. The van der Waals surface area contributed by atoms with Crippen molar-refractivity contribution in [2.75, 3.05) is 31.3 Å². The first-order chi connectivity index (χ1) is 17.0. The minimum absolute atomic E-state index is 0.00133. The zero-order valence-electron chi connectivity index (χ0n) is 20.9. The number of nitrogens with zero attached hydrogens (tertiary/aromatic N) is 1. The highest BCUT2D eigenvalue weighted by atomic mass is 32.2. The molecule has 2 N–H and O–H groups in total. The van der Waals surface area contributed by atoms with E-state index in [-0.39, 0.29) is 34.8 Å². The number of amides is 1. The first-order valence-corrected chi connectivity index (χ1v) is 15.1. The number of carbonyl (C=O) groups excluding carboxylic acids is 1. The number of carbonyl (C=O) groups is 1. The molecule has 0 aromatic heterocycles. The van der Waals surface area contributed by atoms with Gasteiger partial charge in [-0.1, -0.05) is 30.3 Å². The van der Waals surface area contributed by atoms with Crippen molar-refractivity contribution < 1.29 is 26.4 Å². The third kappa shape index (κ3) is 7.52. The second kappa shape index (κ2) is 12.2. The molecule has 0 saturated carbocycles. The van der Waals surface area contributed by atoms with Gasteiger partial charge in [-0.25, -0.2) is 25.9 Å². The SMILES string of the molecule is COc1ccc(S(=O)(=O)NC(C)C)cc1NC(=O)[C@H]1CCCN(S(=O)(=O)CCCc2ccccc2)C1. The van der Waals surface area contributed by atoms with E-state index in [4.69, 9.17) is 4.74 Å². The molecule has 198 valence electrons. The second-order valence-electron chi connectivity index (χ2n) is 9.23. The molecule has 2 aromatic carbocycles. The van der Waals surface area contributed by atoms with Crippen LogP contribution in [0.4, 0.5) is 5.69 Å². The number of ether oxygens (including phenoxy) is 1. The zero-order valence-corrected chi connectivity index (χ0v) is 22.6. The molecule has 1 aliphatic rings. The fraction of sp³-hybridized carbons (Fsp3) is 0.480. The van der Waals surface area contributed by atoms with Crippen LogP contribution in [0.25, 0.3) is 0 Å². The molecule has 1 fully saturated rings. The van der Waals surface area contributed by atoms with Gasteiger partial charge in [0.15, 0.2) is 0 Å². The lowest BCUT2D eigenvalue weighted by atomic mass is 9.98. The number of sulfonamides is 2. The third-order valence-electron chi connectivity index (χ3n) is 5.99. The Morgan fingerprint density at radius 3 is 2.50 bits per heavy atom. The molecule has 0 spiro atoms. The Kier molecular flexibility index (Phi) is 9.51. The minimum Gasteiger partial charge on any atom is -0.495 e. The Labute approximate surface area is 214 Å². The van der Waals surface area contributed by atoms with Crippen molar-refractivity contribution in [3.63, 3.8) is 0 Å². The van der Waals surface area contributed by atoms with Gasteiger partial charge in [0, 0.05) is 19.1 Å². The van der Waals surface area contributed by atoms with Gasteiger partial charge in [-0.15, -0.1) is 0 Å². The summed E-state index contributed by atoms with van der Waals surface area (Å²) in [7, 11) is -5.84. The lowest BCUT2D eigenvalue weighted by Crippen LogP contribution is -2.44. The number of anilines is 1. The maximum atomic E-state index is 13.1. The molecule has 36 heavy (non-hydrogen) atoms. The fourth-order valence-electron chi connectivity index (χ4n) is 4.21. The van der Waals surface area contributed by atoms with Crippen molar-refractivity contribution in [3.05, 3.63) is 54.1 Å². The third-order valence-corrected chi connectivity index (χ3v) is 9.57. The first-order valence-electron chi connectivity index (χ1n) is 12.0. The Hall–Kier alpha value is -2.47. The summed E-state index contributed by atoms with van der Waals surface area (Å²) in [6.07, 6.45) is 2.28. The van der Waals surface area contributed by atoms with E-state index in [1.807, 2.05) is 30.3 Å². The summed E-state index contributed by atoms with van der Waals surface area (Å²) in [5.41, 5.74) is 1.31. The lowest BCUT2D eigenvalue weighted by Gasteiger charge is -2.31. The van der Waals surface area contributed by atoms with Crippen molar-refractivity contribution in [2.45, 2.75) is 50.5 Å². The molecule has 11 heteroatoms. The highest BCUT2D eigenvalue weighted by molar-refractivity contribution is 7.89. The molecule has 0 radical (unpaired) electrons. The quantitative estimate of drug-likeness (QED) is 0.455. The summed E-state index contributed by atoms with van der Waals surface area (Å²) in [6, 6.07) is 13.7. The van der Waals surface area contributed by atoms with Gasteiger partial charge in [0.25, 0.3) is 0 Å². The van der Waals surface area contributed by atoms with E-state index in [2.05, 4.69) is 10.0 Å². The summed E-state index contributed by atoms with van der Waals surface area (Å²) in [4.78, 5) is 13.1. The molecule has 1 heterocycles. The summed E-state index contributed by atoms with van der Waals surface area (Å²) in [6.45, 7) is 3.91. The molecule has 1 saturated heterocycles. The van der Waals surface area contributed by atoms with E-state index in [1.54, 1.807) is 13.8 Å². The number of hydrogen-bond donors (Lipinski definition) is 2. The number of hydrogen-bond acceptors (Lipinski definition) is 6. The van der Waals surface area contributed by atoms with Gasteiger partial charge in [-0.2, -0.15) is 0 Å². The van der Waals surface area contributed by atoms with Crippen molar-refractivity contribution in [2.24, 2.45) is 5.92 Å². The molecular weight excluding hydrogens is 502 g/mol. The lowest BCUT2D eigenvalue weighted by molar-refractivity contribution is -0.120. The summed E-state index contributed by atoms with van der Waals surface area (Å²) < 4.78 is 60.3. The summed E-state index contributed by atoms with van der Waals surface area (Å²) in [5, 5.41) is 2.76. The van der Waals surface area contributed by atoms with E-state index in [9.17, 15) is 21.6 Å². The van der Waals surface area contributed by atoms with E-state index < -0.39 is 26.0 Å². The van der Waals surface area contributed by atoms with Crippen LogP contribution in [0.5, 0.6) is 5.75 Å².